The summed E-state index contributed by atoms with van der Waals surface area (Å²) in [5, 5.41) is 13.2. The van der Waals surface area contributed by atoms with Gasteiger partial charge in [0.2, 0.25) is 0 Å². The number of nitrogen functional groups attached to an aromatic ring is 1. The zero-order valence-electron chi connectivity index (χ0n) is 23.7. The monoisotopic (exact) mass is 546 g/mol. The van der Waals surface area contributed by atoms with Crippen LogP contribution < -0.4 is 22.3 Å². The molecule has 2 heterocycles. The molecular formula is C31H42N6O3. The van der Waals surface area contributed by atoms with E-state index in [4.69, 9.17) is 10.7 Å². The number of aromatic nitrogens is 4. The first kappa shape index (κ1) is 29.3. The molecule has 1 atom stereocenters. The van der Waals surface area contributed by atoms with Gasteiger partial charge < -0.3 is 20.7 Å². The van der Waals surface area contributed by atoms with E-state index in [1.54, 1.807) is 4.57 Å². The van der Waals surface area contributed by atoms with Gasteiger partial charge >= 0.3 is 5.69 Å². The fraction of sp³-hybridized carbons (Fsp3) is 0.452. The summed E-state index contributed by atoms with van der Waals surface area (Å²) in [6.45, 7) is 6.22. The minimum absolute atomic E-state index is 0.286. The highest BCUT2D eigenvalue weighted by molar-refractivity contribution is 5.71. The first-order valence-corrected chi connectivity index (χ1v) is 14.4. The van der Waals surface area contributed by atoms with E-state index < -0.39 is 6.10 Å². The molecule has 0 spiro atoms. The standard InChI is InChI=1S/C31H42N6O3/c1-3-5-9-18-37-30(39)28-29(36(31(37)40)20-17-33-22-26(38)4-2)34-27(21-24-10-7-6-8-11-24)35(28)19-16-23-12-14-25(32)15-13-23/h6-8,10-15,26,33,38H,3-5,9,16-22,32H2,1-2H3. The second-order valence-corrected chi connectivity index (χ2v) is 10.4. The van der Waals surface area contributed by atoms with E-state index in [1.165, 1.54) is 4.57 Å². The Kier molecular flexibility index (Phi) is 10.3. The van der Waals surface area contributed by atoms with Crippen LogP contribution >= 0.6 is 0 Å². The van der Waals surface area contributed by atoms with Crippen LogP contribution in [-0.4, -0.2) is 43.0 Å². The smallest absolute Gasteiger partial charge is 0.332 e. The summed E-state index contributed by atoms with van der Waals surface area (Å²) >= 11 is 0. The molecule has 0 fully saturated rings. The fourth-order valence-corrected chi connectivity index (χ4v) is 4.94. The van der Waals surface area contributed by atoms with E-state index in [2.05, 4.69) is 12.2 Å². The molecule has 0 aliphatic heterocycles. The summed E-state index contributed by atoms with van der Waals surface area (Å²) in [5.74, 6) is 0.752. The molecule has 40 heavy (non-hydrogen) atoms. The predicted molar refractivity (Wildman–Crippen MR) is 161 cm³/mol. The van der Waals surface area contributed by atoms with Gasteiger partial charge in [-0.15, -0.1) is 0 Å². The van der Waals surface area contributed by atoms with Crippen molar-refractivity contribution >= 4 is 16.9 Å². The molecule has 0 saturated heterocycles. The van der Waals surface area contributed by atoms with E-state index in [0.717, 1.165) is 36.2 Å². The molecule has 0 bridgehead atoms. The molecule has 4 aromatic rings. The molecule has 9 nitrogen and oxygen atoms in total. The molecule has 0 aliphatic carbocycles. The zero-order chi connectivity index (χ0) is 28.5. The highest BCUT2D eigenvalue weighted by Crippen LogP contribution is 2.18. The van der Waals surface area contributed by atoms with Crippen LogP contribution in [0.3, 0.4) is 0 Å². The Morgan fingerprint density at radius 3 is 2.35 bits per heavy atom. The SMILES string of the molecule is CCCCCn1c(=O)c2c(nc(Cc3ccccc3)n2CCc2ccc(N)cc2)n(CCNCC(O)CC)c1=O. The zero-order valence-corrected chi connectivity index (χ0v) is 23.7. The number of nitrogens with zero attached hydrogens (tertiary/aromatic N) is 4. The number of hydrogen-bond donors (Lipinski definition) is 3. The average Bonchev–Trinajstić information content (AvgIpc) is 3.32. The number of hydrogen-bond acceptors (Lipinski definition) is 6. The Bertz CT molecular complexity index is 1490. The van der Waals surface area contributed by atoms with Gasteiger partial charge in [0.15, 0.2) is 11.2 Å². The fourth-order valence-electron chi connectivity index (χ4n) is 4.94. The van der Waals surface area contributed by atoms with Crippen LogP contribution in [-0.2, 0) is 32.5 Å². The van der Waals surface area contributed by atoms with Gasteiger partial charge in [0.1, 0.15) is 5.82 Å². The first-order chi connectivity index (χ1) is 19.4. The summed E-state index contributed by atoms with van der Waals surface area (Å²) in [6, 6.07) is 17.8. The van der Waals surface area contributed by atoms with E-state index in [-0.39, 0.29) is 11.2 Å². The number of nitrogens with one attached hydrogen (secondary N) is 1. The van der Waals surface area contributed by atoms with Crippen molar-refractivity contribution in [1.29, 1.82) is 0 Å². The lowest BCUT2D eigenvalue weighted by Crippen LogP contribution is -2.42. The molecule has 0 aliphatic rings. The van der Waals surface area contributed by atoms with E-state index in [0.29, 0.717) is 68.8 Å². The van der Waals surface area contributed by atoms with Crippen molar-refractivity contribution in [2.24, 2.45) is 0 Å². The molecule has 0 saturated carbocycles. The van der Waals surface area contributed by atoms with E-state index in [9.17, 15) is 14.7 Å². The maximum absolute atomic E-state index is 13.9. The highest BCUT2D eigenvalue weighted by Gasteiger charge is 2.22. The Balaban J connectivity index is 1.80. The van der Waals surface area contributed by atoms with Gasteiger partial charge in [0.05, 0.1) is 6.10 Å². The Hall–Kier alpha value is -3.69. The highest BCUT2D eigenvalue weighted by atomic mass is 16.3. The average molecular weight is 547 g/mol. The van der Waals surface area contributed by atoms with Crippen LogP contribution in [0.5, 0.6) is 0 Å². The summed E-state index contributed by atoms with van der Waals surface area (Å²) in [6.07, 6.45) is 4.14. The van der Waals surface area contributed by atoms with Crippen molar-refractivity contribution in [3.63, 3.8) is 0 Å². The van der Waals surface area contributed by atoms with Gasteiger partial charge in [-0.2, -0.15) is 0 Å². The van der Waals surface area contributed by atoms with Gasteiger partial charge in [0, 0.05) is 44.8 Å². The van der Waals surface area contributed by atoms with Crippen molar-refractivity contribution in [2.45, 2.75) is 78.1 Å². The molecule has 214 valence electrons. The number of aliphatic hydroxyl groups is 1. The second-order valence-electron chi connectivity index (χ2n) is 10.4. The summed E-state index contributed by atoms with van der Waals surface area (Å²) in [5.41, 5.74) is 9.05. The number of aryl methyl sites for hydroxylation is 2. The number of benzene rings is 2. The van der Waals surface area contributed by atoms with Crippen LogP contribution in [0.1, 0.15) is 56.5 Å². The maximum atomic E-state index is 13.9. The number of rotatable bonds is 15. The van der Waals surface area contributed by atoms with Crippen molar-refractivity contribution in [3.05, 3.63) is 92.4 Å². The summed E-state index contributed by atoms with van der Waals surface area (Å²) < 4.78 is 5.01. The molecule has 9 heteroatoms. The molecule has 4 rings (SSSR count). The topological polar surface area (TPSA) is 120 Å². The Labute approximate surface area is 235 Å². The first-order valence-electron chi connectivity index (χ1n) is 14.4. The number of anilines is 1. The predicted octanol–water partition coefficient (Wildman–Crippen LogP) is 3.33. The van der Waals surface area contributed by atoms with Gasteiger partial charge in [-0.3, -0.25) is 13.9 Å². The lowest BCUT2D eigenvalue weighted by atomic mass is 10.1. The third kappa shape index (κ3) is 7.08. The summed E-state index contributed by atoms with van der Waals surface area (Å²) in [7, 11) is 0. The number of nitrogens with two attached hydrogens (primary N) is 1. The van der Waals surface area contributed by atoms with Crippen molar-refractivity contribution < 1.29 is 5.11 Å². The van der Waals surface area contributed by atoms with Crippen LogP contribution in [0.4, 0.5) is 5.69 Å². The number of imidazole rings is 1. The maximum Gasteiger partial charge on any atom is 0.332 e. The van der Waals surface area contributed by atoms with Crippen molar-refractivity contribution in [3.8, 4) is 0 Å². The third-order valence-electron chi connectivity index (χ3n) is 7.35. The lowest BCUT2D eigenvalue weighted by molar-refractivity contribution is 0.167. The van der Waals surface area contributed by atoms with Crippen LogP contribution in [0.2, 0.25) is 0 Å². The third-order valence-corrected chi connectivity index (χ3v) is 7.35. The van der Waals surface area contributed by atoms with Crippen LogP contribution in [0.25, 0.3) is 11.2 Å². The van der Waals surface area contributed by atoms with Crippen LogP contribution in [0, 0.1) is 0 Å². The quantitative estimate of drug-likeness (QED) is 0.155. The van der Waals surface area contributed by atoms with Crippen molar-refractivity contribution in [1.82, 2.24) is 24.0 Å². The largest absolute Gasteiger partial charge is 0.399 e. The van der Waals surface area contributed by atoms with Crippen molar-refractivity contribution in [2.75, 3.05) is 18.8 Å². The van der Waals surface area contributed by atoms with Gasteiger partial charge in [0.25, 0.3) is 5.56 Å². The van der Waals surface area contributed by atoms with Gasteiger partial charge in [-0.25, -0.2) is 9.78 Å². The van der Waals surface area contributed by atoms with Gasteiger partial charge in [-0.1, -0.05) is 69.2 Å². The molecule has 2 aromatic heterocycles. The molecule has 1 unspecified atom stereocenters. The molecule has 4 N–H and O–H groups in total. The van der Waals surface area contributed by atoms with E-state index in [1.807, 2.05) is 66.1 Å². The molecule has 0 amide bonds. The normalized spacial score (nSPS) is 12.3. The molecule has 2 aromatic carbocycles. The second kappa shape index (κ2) is 14.1. The number of unbranched alkanes of at least 4 members (excludes halogenated alkanes) is 2. The van der Waals surface area contributed by atoms with Gasteiger partial charge in [-0.05, 0) is 42.5 Å². The Morgan fingerprint density at radius 1 is 0.900 bits per heavy atom. The molecular weight excluding hydrogens is 504 g/mol. The van der Waals surface area contributed by atoms with E-state index >= 15 is 0 Å². The number of aliphatic hydroxyl groups excluding tert-OH is 1. The Morgan fingerprint density at radius 2 is 1.65 bits per heavy atom. The minimum Gasteiger partial charge on any atom is -0.399 e. The lowest BCUT2D eigenvalue weighted by Gasteiger charge is -2.14. The number of fused-ring (bicyclic) bond motifs is 1. The minimum atomic E-state index is -0.440. The molecule has 0 radical (unpaired) electrons. The summed E-state index contributed by atoms with van der Waals surface area (Å²) in [4.78, 5) is 32.5. The van der Waals surface area contributed by atoms with Crippen LogP contribution in [0.15, 0.2) is 64.2 Å².